The zero-order valence-corrected chi connectivity index (χ0v) is 13.6. The minimum Gasteiger partial charge on any atom is -0.294 e. The Kier molecular flexibility index (Phi) is 4.76. The normalized spacial score (nSPS) is 24.4. The SMILES string of the molecule is CC1N(Cc2ccccc2)CCC1(C#N)NCc1ccccc1. The van der Waals surface area contributed by atoms with Crippen LogP contribution in [0.3, 0.4) is 0 Å². The molecule has 3 rings (SSSR count). The number of nitrogens with zero attached hydrogens (tertiary/aromatic N) is 2. The Labute approximate surface area is 138 Å². The molecular weight excluding hydrogens is 282 g/mol. The van der Waals surface area contributed by atoms with Gasteiger partial charge in [-0.25, -0.2) is 0 Å². The summed E-state index contributed by atoms with van der Waals surface area (Å²) in [6, 6.07) is 23.5. The number of nitrogens with one attached hydrogen (secondary N) is 1. The Bertz CT molecular complexity index is 662. The molecule has 0 bridgehead atoms. The molecule has 1 fully saturated rings. The van der Waals surface area contributed by atoms with Crippen LogP contribution in [-0.4, -0.2) is 23.0 Å². The molecule has 0 amide bonds. The molecule has 0 aromatic heterocycles. The summed E-state index contributed by atoms with van der Waals surface area (Å²) in [7, 11) is 0. The first-order chi connectivity index (χ1) is 11.2. The van der Waals surface area contributed by atoms with Crippen molar-refractivity contribution in [3.05, 3.63) is 71.8 Å². The zero-order chi connectivity index (χ0) is 16.1. The lowest BCUT2D eigenvalue weighted by molar-refractivity contribution is 0.217. The van der Waals surface area contributed by atoms with Crippen molar-refractivity contribution in [1.82, 2.24) is 10.2 Å². The van der Waals surface area contributed by atoms with Crippen LogP contribution in [0.5, 0.6) is 0 Å². The van der Waals surface area contributed by atoms with Gasteiger partial charge in [0.05, 0.1) is 6.07 Å². The fraction of sp³-hybridized carbons (Fsp3) is 0.350. The first kappa shape index (κ1) is 15.7. The third-order valence-electron chi connectivity index (χ3n) is 4.93. The number of nitriles is 1. The van der Waals surface area contributed by atoms with Crippen LogP contribution in [-0.2, 0) is 13.1 Å². The topological polar surface area (TPSA) is 39.1 Å². The van der Waals surface area contributed by atoms with E-state index in [2.05, 4.69) is 59.6 Å². The highest BCUT2D eigenvalue weighted by atomic mass is 15.2. The number of hydrogen-bond donors (Lipinski definition) is 1. The predicted octanol–water partition coefficient (Wildman–Crippen LogP) is 3.33. The van der Waals surface area contributed by atoms with Gasteiger partial charge in [0.25, 0.3) is 0 Å². The van der Waals surface area contributed by atoms with Crippen molar-refractivity contribution < 1.29 is 0 Å². The van der Waals surface area contributed by atoms with Crippen molar-refractivity contribution >= 4 is 0 Å². The van der Waals surface area contributed by atoms with Crippen LogP contribution in [0.4, 0.5) is 0 Å². The van der Waals surface area contributed by atoms with Crippen LogP contribution in [0.25, 0.3) is 0 Å². The quantitative estimate of drug-likeness (QED) is 0.921. The third-order valence-corrected chi connectivity index (χ3v) is 4.93. The molecule has 1 N–H and O–H groups in total. The average Bonchev–Trinajstić information content (AvgIpc) is 2.92. The van der Waals surface area contributed by atoms with E-state index in [1.807, 2.05) is 24.3 Å². The fourth-order valence-electron chi connectivity index (χ4n) is 3.35. The maximum Gasteiger partial charge on any atom is 0.123 e. The van der Waals surface area contributed by atoms with Gasteiger partial charge in [-0.1, -0.05) is 60.7 Å². The summed E-state index contributed by atoms with van der Waals surface area (Å²) >= 11 is 0. The Morgan fingerprint density at radius 3 is 2.30 bits per heavy atom. The molecule has 1 heterocycles. The van der Waals surface area contributed by atoms with Gasteiger partial charge in [-0.2, -0.15) is 5.26 Å². The largest absolute Gasteiger partial charge is 0.294 e. The molecule has 118 valence electrons. The monoisotopic (exact) mass is 305 g/mol. The van der Waals surface area contributed by atoms with Crippen molar-refractivity contribution in [3.63, 3.8) is 0 Å². The van der Waals surface area contributed by atoms with Gasteiger partial charge in [0.2, 0.25) is 0 Å². The number of rotatable bonds is 5. The Balaban J connectivity index is 1.67. The number of likely N-dealkylation sites (tertiary alicyclic amines) is 1. The van der Waals surface area contributed by atoms with Crippen LogP contribution >= 0.6 is 0 Å². The van der Waals surface area contributed by atoms with Gasteiger partial charge in [0.15, 0.2) is 0 Å². The molecule has 1 aliphatic heterocycles. The molecule has 3 heteroatoms. The lowest BCUT2D eigenvalue weighted by Crippen LogP contribution is -2.51. The van der Waals surface area contributed by atoms with Crippen molar-refractivity contribution in [1.29, 1.82) is 5.26 Å². The van der Waals surface area contributed by atoms with E-state index in [0.717, 1.165) is 26.1 Å². The Morgan fingerprint density at radius 1 is 1.09 bits per heavy atom. The summed E-state index contributed by atoms with van der Waals surface area (Å²) < 4.78 is 0. The molecular formula is C20H23N3. The van der Waals surface area contributed by atoms with Gasteiger partial charge in [0.1, 0.15) is 5.54 Å². The molecule has 23 heavy (non-hydrogen) atoms. The summed E-state index contributed by atoms with van der Waals surface area (Å²) in [5, 5.41) is 13.3. The molecule has 0 saturated carbocycles. The van der Waals surface area contributed by atoms with Crippen LogP contribution in [0.2, 0.25) is 0 Å². The van der Waals surface area contributed by atoms with Gasteiger partial charge in [-0.3, -0.25) is 10.2 Å². The molecule has 0 aliphatic carbocycles. The van der Waals surface area contributed by atoms with E-state index in [4.69, 9.17) is 0 Å². The van der Waals surface area contributed by atoms with Crippen LogP contribution < -0.4 is 5.32 Å². The van der Waals surface area contributed by atoms with E-state index in [1.165, 1.54) is 11.1 Å². The molecule has 2 atom stereocenters. The highest BCUT2D eigenvalue weighted by Crippen LogP contribution is 2.30. The van der Waals surface area contributed by atoms with Crippen LogP contribution in [0.1, 0.15) is 24.5 Å². The van der Waals surface area contributed by atoms with E-state index in [-0.39, 0.29) is 6.04 Å². The summed E-state index contributed by atoms with van der Waals surface area (Å²) in [4.78, 5) is 2.40. The van der Waals surface area contributed by atoms with Crippen LogP contribution in [0.15, 0.2) is 60.7 Å². The highest BCUT2D eigenvalue weighted by molar-refractivity contribution is 5.22. The summed E-state index contributed by atoms with van der Waals surface area (Å²) in [6.45, 7) is 4.75. The molecule has 0 radical (unpaired) electrons. The molecule has 2 unspecified atom stereocenters. The number of hydrogen-bond acceptors (Lipinski definition) is 3. The molecule has 2 aromatic rings. The second-order valence-electron chi connectivity index (χ2n) is 6.30. The smallest absolute Gasteiger partial charge is 0.123 e. The fourth-order valence-corrected chi connectivity index (χ4v) is 3.35. The molecule has 0 spiro atoms. The maximum atomic E-state index is 9.81. The van der Waals surface area contributed by atoms with E-state index in [0.29, 0.717) is 0 Å². The lowest BCUT2D eigenvalue weighted by Gasteiger charge is -2.31. The first-order valence-electron chi connectivity index (χ1n) is 8.22. The zero-order valence-electron chi connectivity index (χ0n) is 13.6. The van der Waals surface area contributed by atoms with E-state index >= 15 is 0 Å². The average molecular weight is 305 g/mol. The predicted molar refractivity (Wildman–Crippen MR) is 92.6 cm³/mol. The minimum atomic E-state index is -0.468. The Hall–Kier alpha value is -2.15. The second kappa shape index (κ2) is 6.95. The second-order valence-corrected chi connectivity index (χ2v) is 6.30. The standard InChI is InChI=1S/C20H23N3/c1-17-20(16-21,22-14-18-8-4-2-5-9-18)12-13-23(17)15-19-10-6-3-7-11-19/h2-11,17,22H,12-15H2,1H3. The van der Waals surface area contributed by atoms with Gasteiger partial charge < -0.3 is 0 Å². The van der Waals surface area contributed by atoms with Gasteiger partial charge >= 0.3 is 0 Å². The summed E-state index contributed by atoms with van der Waals surface area (Å²) in [6.07, 6.45) is 0.865. The van der Waals surface area contributed by atoms with Crippen molar-refractivity contribution in [2.24, 2.45) is 0 Å². The molecule has 1 saturated heterocycles. The Morgan fingerprint density at radius 2 is 1.70 bits per heavy atom. The third kappa shape index (κ3) is 3.44. The lowest BCUT2D eigenvalue weighted by atomic mass is 9.92. The van der Waals surface area contributed by atoms with Crippen molar-refractivity contribution in [2.75, 3.05) is 6.54 Å². The maximum absolute atomic E-state index is 9.81. The van der Waals surface area contributed by atoms with E-state index in [1.54, 1.807) is 0 Å². The highest BCUT2D eigenvalue weighted by Gasteiger charge is 2.44. The molecule has 2 aromatic carbocycles. The number of benzene rings is 2. The first-order valence-corrected chi connectivity index (χ1v) is 8.22. The summed E-state index contributed by atoms with van der Waals surface area (Å²) in [5.41, 5.74) is 2.05. The summed E-state index contributed by atoms with van der Waals surface area (Å²) in [5.74, 6) is 0. The van der Waals surface area contributed by atoms with Gasteiger partial charge in [-0.05, 0) is 24.5 Å². The van der Waals surface area contributed by atoms with Gasteiger partial charge in [0, 0.05) is 25.7 Å². The molecule has 3 nitrogen and oxygen atoms in total. The molecule has 1 aliphatic rings. The van der Waals surface area contributed by atoms with Crippen molar-refractivity contribution in [2.45, 2.75) is 38.0 Å². The van der Waals surface area contributed by atoms with E-state index < -0.39 is 5.54 Å². The van der Waals surface area contributed by atoms with Gasteiger partial charge in [-0.15, -0.1) is 0 Å². The minimum absolute atomic E-state index is 0.191. The van der Waals surface area contributed by atoms with E-state index in [9.17, 15) is 5.26 Å². The van der Waals surface area contributed by atoms with Crippen molar-refractivity contribution in [3.8, 4) is 6.07 Å². The van der Waals surface area contributed by atoms with Crippen LogP contribution in [0, 0.1) is 11.3 Å².